The summed E-state index contributed by atoms with van der Waals surface area (Å²) in [4.78, 5) is 15.6. The molecular formula is C14H23IN4O2. The second-order valence-corrected chi connectivity index (χ2v) is 4.11. The number of carbonyl (C=O) groups excluding carboxylic acids is 1. The third kappa shape index (κ3) is 9.24. The molecule has 21 heavy (non-hydrogen) atoms. The van der Waals surface area contributed by atoms with E-state index in [2.05, 4.69) is 20.9 Å². The molecule has 0 unspecified atom stereocenters. The minimum atomic E-state index is -0.0929. The topological polar surface area (TPSA) is 74.8 Å². The number of nitrogens with one attached hydrogen (secondary N) is 3. The number of aliphatic imine (C=N–C) groups is 1. The molecule has 0 aliphatic rings. The predicted molar refractivity (Wildman–Crippen MR) is 94.9 cm³/mol. The van der Waals surface area contributed by atoms with E-state index >= 15 is 0 Å². The van der Waals surface area contributed by atoms with E-state index < -0.39 is 0 Å². The molecule has 1 amide bonds. The molecule has 0 spiro atoms. The fraction of sp³-hybridized carbons (Fsp3) is 0.429. The van der Waals surface area contributed by atoms with Crippen molar-refractivity contribution in [3.63, 3.8) is 0 Å². The first-order chi connectivity index (χ1) is 9.76. The lowest BCUT2D eigenvalue weighted by Gasteiger charge is -2.12. The lowest BCUT2D eigenvalue weighted by atomic mass is 10.2. The van der Waals surface area contributed by atoms with Crippen LogP contribution in [0, 0.1) is 0 Å². The summed E-state index contributed by atoms with van der Waals surface area (Å²) >= 11 is 0. The van der Waals surface area contributed by atoms with E-state index in [0.29, 0.717) is 25.7 Å². The van der Waals surface area contributed by atoms with Crippen LogP contribution in [0.5, 0.6) is 0 Å². The quantitative estimate of drug-likeness (QED) is 0.270. The summed E-state index contributed by atoms with van der Waals surface area (Å²) in [5, 5.41) is 8.82. The Balaban J connectivity index is 0.00000400. The van der Waals surface area contributed by atoms with Gasteiger partial charge in [-0.2, -0.15) is 0 Å². The highest BCUT2D eigenvalue weighted by molar-refractivity contribution is 14.0. The van der Waals surface area contributed by atoms with Crippen molar-refractivity contribution < 1.29 is 9.53 Å². The largest absolute Gasteiger partial charge is 0.383 e. The van der Waals surface area contributed by atoms with Crippen molar-refractivity contribution >= 4 is 35.8 Å². The Bertz CT molecular complexity index is 426. The molecule has 0 radical (unpaired) electrons. The van der Waals surface area contributed by atoms with Gasteiger partial charge in [0.05, 0.1) is 13.2 Å². The maximum Gasteiger partial charge on any atom is 0.239 e. The summed E-state index contributed by atoms with van der Waals surface area (Å²) in [7, 11) is 3.27. The first-order valence-corrected chi connectivity index (χ1v) is 6.50. The molecule has 0 saturated heterocycles. The number of halogens is 1. The summed E-state index contributed by atoms with van der Waals surface area (Å²) in [6, 6.07) is 9.99. The molecule has 0 atom stereocenters. The van der Waals surface area contributed by atoms with E-state index in [1.807, 2.05) is 30.3 Å². The van der Waals surface area contributed by atoms with Crippen LogP contribution in [0.4, 0.5) is 0 Å². The normalized spacial score (nSPS) is 10.5. The SMILES string of the molecule is CN=C(NCC(=O)NCCOC)NCc1ccccc1.I. The number of nitrogens with zero attached hydrogens (tertiary/aromatic N) is 1. The maximum atomic E-state index is 11.5. The van der Waals surface area contributed by atoms with Gasteiger partial charge in [-0.15, -0.1) is 24.0 Å². The Morgan fingerprint density at radius 2 is 1.90 bits per heavy atom. The van der Waals surface area contributed by atoms with E-state index in [-0.39, 0.29) is 36.4 Å². The van der Waals surface area contributed by atoms with Gasteiger partial charge in [-0.25, -0.2) is 0 Å². The fourth-order valence-corrected chi connectivity index (χ4v) is 1.52. The van der Waals surface area contributed by atoms with Gasteiger partial charge in [0.2, 0.25) is 5.91 Å². The van der Waals surface area contributed by atoms with Crippen molar-refractivity contribution in [2.45, 2.75) is 6.54 Å². The number of methoxy groups -OCH3 is 1. The Morgan fingerprint density at radius 1 is 1.19 bits per heavy atom. The van der Waals surface area contributed by atoms with Crippen LogP contribution in [0.15, 0.2) is 35.3 Å². The third-order valence-corrected chi connectivity index (χ3v) is 2.57. The van der Waals surface area contributed by atoms with E-state index in [0.717, 1.165) is 5.56 Å². The van der Waals surface area contributed by atoms with Gasteiger partial charge in [0.15, 0.2) is 5.96 Å². The average Bonchev–Trinajstić information content (AvgIpc) is 2.49. The summed E-state index contributed by atoms with van der Waals surface area (Å²) in [5.41, 5.74) is 1.15. The zero-order valence-electron chi connectivity index (χ0n) is 12.4. The molecule has 1 rings (SSSR count). The van der Waals surface area contributed by atoms with Crippen LogP contribution in [0.1, 0.15) is 5.56 Å². The molecule has 1 aromatic carbocycles. The fourth-order valence-electron chi connectivity index (χ4n) is 1.52. The first-order valence-electron chi connectivity index (χ1n) is 6.50. The van der Waals surface area contributed by atoms with Crippen LogP contribution in [-0.2, 0) is 16.1 Å². The van der Waals surface area contributed by atoms with Crippen molar-refractivity contribution in [2.24, 2.45) is 4.99 Å². The minimum absolute atomic E-state index is 0. The third-order valence-electron chi connectivity index (χ3n) is 2.57. The van der Waals surface area contributed by atoms with Gasteiger partial charge in [-0.3, -0.25) is 9.79 Å². The van der Waals surface area contributed by atoms with Gasteiger partial charge in [-0.1, -0.05) is 30.3 Å². The molecule has 0 aliphatic carbocycles. The molecule has 7 heteroatoms. The standard InChI is InChI=1S/C14H22N4O2.HI/c1-15-14(17-10-12-6-4-3-5-7-12)18-11-13(19)16-8-9-20-2;/h3-7H,8-11H2,1-2H3,(H,16,19)(H2,15,17,18);1H. The Morgan fingerprint density at radius 3 is 2.52 bits per heavy atom. The number of hydrogen-bond donors (Lipinski definition) is 3. The lowest BCUT2D eigenvalue weighted by Crippen LogP contribution is -2.43. The van der Waals surface area contributed by atoms with E-state index in [1.165, 1.54) is 0 Å². The van der Waals surface area contributed by atoms with Gasteiger partial charge in [-0.05, 0) is 5.56 Å². The number of benzene rings is 1. The van der Waals surface area contributed by atoms with Crippen LogP contribution in [0.25, 0.3) is 0 Å². The van der Waals surface area contributed by atoms with Crippen molar-refractivity contribution in [3.05, 3.63) is 35.9 Å². The van der Waals surface area contributed by atoms with E-state index in [1.54, 1.807) is 14.2 Å². The average molecular weight is 406 g/mol. The maximum absolute atomic E-state index is 11.5. The Labute approximate surface area is 142 Å². The first kappa shape index (κ1) is 19.7. The molecule has 6 nitrogen and oxygen atoms in total. The van der Waals surface area contributed by atoms with Gasteiger partial charge in [0, 0.05) is 27.2 Å². The van der Waals surface area contributed by atoms with Crippen molar-refractivity contribution in [3.8, 4) is 0 Å². The van der Waals surface area contributed by atoms with E-state index in [4.69, 9.17) is 4.74 Å². The summed E-state index contributed by atoms with van der Waals surface area (Å²) in [6.45, 7) is 1.85. The Kier molecular flexibility index (Phi) is 11.6. The number of hydrogen-bond acceptors (Lipinski definition) is 3. The summed E-state index contributed by atoms with van der Waals surface area (Å²) < 4.78 is 4.86. The second kappa shape index (κ2) is 12.4. The van der Waals surface area contributed by atoms with E-state index in [9.17, 15) is 4.79 Å². The molecule has 0 saturated carbocycles. The molecule has 1 aromatic rings. The predicted octanol–water partition coefficient (Wildman–Crippen LogP) is 0.732. The molecule has 3 N–H and O–H groups in total. The number of guanidine groups is 1. The van der Waals surface area contributed by atoms with Crippen molar-refractivity contribution in [1.29, 1.82) is 0 Å². The number of carbonyl (C=O) groups is 1. The number of ether oxygens (including phenoxy) is 1. The zero-order chi connectivity index (χ0) is 14.6. The van der Waals surface area contributed by atoms with Gasteiger partial charge >= 0.3 is 0 Å². The molecule has 118 valence electrons. The van der Waals surface area contributed by atoms with Gasteiger partial charge in [0.1, 0.15) is 0 Å². The molecule has 0 aromatic heterocycles. The monoisotopic (exact) mass is 406 g/mol. The molecule has 0 bridgehead atoms. The highest BCUT2D eigenvalue weighted by Crippen LogP contribution is 1.96. The van der Waals surface area contributed by atoms with Crippen LogP contribution < -0.4 is 16.0 Å². The Hall–Kier alpha value is -1.35. The lowest BCUT2D eigenvalue weighted by molar-refractivity contribution is -0.120. The molecule has 0 heterocycles. The highest BCUT2D eigenvalue weighted by atomic mass is 127. The minimum Gasteiger partial charge on any atom is -0.383 e. The summed E-state index contributed by atoms with van der Waals surface area (Å²) in [6.07, 6.45) is 0. The smallest absolute Gasteiger partial charge is 0.239 e. The van der Waals surface area contributed by atoms with Crippen molar-refractivity contribution in [2.75, 3.05) is 33.9 Å². The van der Waals surface area contributed by atoms with Crippen LogP contribution in [-0.4, -0.2) is 45.7 Å². The molecular weight excluding hydrogens is 383 g/mol. The second-order valence-electron chi connectivity index (χ2n) is 4.11. The number of rotatable bonds is 7. The molecule has 0 aliphatic heterocycles. The number of amides is 1. The van der Waals surface area contributed by atoms with Crippen LogP contribution in [0.2, 0.25) is 0 Å². The zero-order valence-corrected chi connectivity index (χ0v) is 14.7. The highest BCUT2D eigenvalue weighted by Gasteiger charge is 2.02. The van der Waals surface area contributed by atoms with Gasteiger partial charge in [0.25, 0.3) is 0 Å². The van der Waals surface area contributed by atoms with Crippen LogP contribution in [0.3, 0.4) is 0 Å². The van der Waals surface area contributed by atoms with Crippen LogP contribution >= 0.6 is 24.0 Å². The molecule has 0 fully saturated rings. The van der Waals surface area contributed by atoms with Gasteiger partial charge < -0.3 is 20.7 Å². The summed E-state index contributed by atoms with van der Waals surface area (Å²) in [5.74, 6) is 0.500. The van der Waals surface area contributed by atoms with Crippen molar-refractivity contribution in [1.82, 2.24) is 16.0 Å².